The molecule has 2 rings (SSSR count). The van der Waals surface area contributed by atoms with Gasteiger partial charge in [-0.15, -0.1) is 0 Å². The number of carbonyl (C=O) groups is 1. The van der Waals surface area contributed by atoms with Crippen molar-refractivity contribution in [1.29, 1.82) is 0 Å². The Morgan fingerprint density at radius 1 is 1.38 bits per heavy atom. The number of nitrogens with one attached hydrogen (secondary N) is 1. The normalized spacial score (nSPS) is 14.3. The Kier molecular flexibility index (Phi) is 3.19. The smallest absolute Gasteiger partial charge is 0.229 e. The Balaban J connectivity index is 1.96. The van der Waals surface area contributed by atoms with Crippen LogP contribution in [0.3, 0.4) is 0 Å². The van der Waals surface area contributed by atoms with E-state index in [4.69, 9.17) is 12.2 Å². The third-order valence-corrected chi connectivity index (χ3v) is 3.00. The van der Waals surface area contributed by atoms with Gasteiger partial charge in [-0.1, -0.05) is 18.2 Å². The van der Waals surface area contributed by atoms with Crippen LogP contribution in [0, 0.1) is 5.92 Å². The maximum Gasteiger partial charge on any atom is 0.229 e. The Bertz CT molecular complexity index is 401. The number of benzene rings is 1. The van der Waals surface area contributed by atoms with Crippen LogP contribution in [0.4, 0.5) is 5.69 Å². The van der Waals surface area contributed by atoms with Gasteiger partial charge in [0.1, 0.15) is 0 Å². The molecule has 3 nitrogen and oxygen atoms in total. The first-order chi connectivity index (χ1) is 7.68. The summed E-state index contributed by atoms with van der Waals surface area (Å²) >= 11 is 5.18. The molecule has 0 aliphatic heterocycles. The van der Waals surface area contributed by atoms with Crippen molar-refractivity contribution in [2.24, 2.45) is 5.92 Å². The lowest BCUT2D eigenvalue weighted by molar-refractivity contribution is -0.120. The van der Waals surface area contributed by atoms with E-state index in [-0.39, 0.29) is 11.8 Å². The lowest BCUT2D eigenvalue weighted by Gasteiger charge is -2.20. The molecule has 0 heterocycles. The largest absolute Gasteiger partial charge is 0.322 e. The first kappa shape index (κ1) is 11.1. The van der Waals surface area contributed by atoms with Crippen LogP contribution < -0.4 is 10.2 Å². The second-order valence-electron chi connectivity index (χ2n) is 3.96. The SMILES string of the molecule is CN(C(=S)NC(=O)C1CC1)c1ccccc1. The van der Waals surface area contributed by atoms with E-state index in [2.05, 4.69) is 5.32 Å². The van der Waals surface area contributed by atoms with Gasteiger partial charge in [-0.25, -0.2) is 0 Å². The summed E-state index contributed by atoms with van der Waals surface area (Å²) in [5.74, 6) is 0.231. The molecule has 1 aromatic carbocycles. The van der Waals surface area contributed by atoms with E-state index in [1.165, 1.54) is 0 Å². The van der Waals surface area contributed by atoms with Crippen molar-refractivity contribution < 1.29 is 4.79 Å². The van der Waals surface area contributed by atoms with Gasteiger partial charge in [0.15, 0.2) is 5.11 Å². The van der Waals surface area contributed by atoms with E-state index >= 15 is 0 Å². The zero-order valence-corrected chi connectivity index (χ0v) is 9.96. The predicted octanol–water partition coefficient (Wildman–Crippen LogP) is 1.93. The number of hydrogen-bond donors (Lipinski definition) is 1. The molecular formula is C12H14N2OS. The number of rotatable bonds is 2. The van der Waals surface area contributed by atoms with Gasteiger partial charge in [0.25, 0.3) is 0 Å². The number of carbonyl (C=O) groups excluding carboxylic acids is 1. The molecule has 0 unspecified atom stereocenters. The summed E-state index contributed by atoms with van der Waals surface area (Å²) in [6, 6.07) is 9.74. The van der Waals surface area contributed by atoms with Crippen LogP contribution in [-0.2, 0) is 4.79 Å². The predicted molar refractivity (Wildman–Crippen MR) is 68.3 cm³/mol. The highest BCUT2D eigenvalue weighted by molar-refractivity contribution is 7.80. The quantitative estimate of drug-likeness (QED) is 0.794. The van der Waals surface area contributed by atoms with E-state index < -0.39 is 0 Å². The van der Waals surface area contributed by atoms with Gasteiger partial charge >= 0.3 is 0 Å². The van der Waals surface area contributed by atoms with E-state index in [9.17, 15) is 4.79 Å². The first-order valence-corrected chi connectivity index (χ1v) is 5.73. The first-order valence-electron chi connectivity index (χ1n) is 5.32. The molecular weight excluding hydrogens is 220 g/mol. The summed E-state index contributed by atoms with van der Waals surface area (Å²) in [5.41, 5.74) is 0.976. The molecule has 1 fully saturated rings. The molecule has 0 bridgehead atoms. The highest BCUT2D eigenvalue weighted by Gasteiger charge is 2.30. The molecule has 1 N–H and O–H groups in total. The number of amides is 1. The lowest BCUT2D eigenvalue weighted by atomic mass is 10.3. The van der Waals surface area contributed by atoms with Gasteiger partial charge in [0.2, 0.25) is 5.91 Å². The number of anilines is 1. The fraction of sp³-hybridized carbons (Fsp3) is 0.333. The Labute approximate surface area is 100 Å². The molecule has 0 aromatic heterocycles. The van der Waals surface area contributed by atoms with E-state index in [1.807, 2.05) is 37.4 Å². The van der Waals surface area contributed by atoms with Crippen molar-refractivity contribution in [3.63, 3.8) is 0 Å². The van der Waals surface area contributed by atoms with E-state index in [0.29, 0.717) is 5.11 Å². The second-order valence-corrected chi connectivity index (χ2v) is 4.35. The van der Waals surface area contributed by atoms with Crippen LogP contribution in [0.15, 0.2) is 30.3 Å². The molecule has 1 aliphatic rings. The zero-order valence-electron chi connectivity index (χ0n) is 9.14. The Morgan fingerprint density at radius 3 is 2.56 bits per heavy atom. The maximum absolute atomic E-state index is 11.5. The van der Waals surface area contributed by atoms with Crippen LogP contribution in [0.1, 0.15) is 12.8 Å². The zero-order chi connectivity index (χ0) is 11.5. The third-order valence-electron chi connectivity index (χ3n) is 2.63. The molecule has 0 radical (unpaired) electrons. The highest BCUT2D eigenvalue weighted by atomic mass is 32.1. The van der Waals surface area contributed by atoms with Crippen LogP contribution in [-0.4, -0.2) is 18.1 Å². The van der Waals surface area contributed by atoms with Crippen molar-refractivity contribution in [2.45, 2.75) is 12.8 Å². The Hall–Kier alpha value is -1.42. The Morgan fingerprint density at radius 2 is 2.00 bits per heavy atom. The van der Waals surface area contributed by atoms with Gasteiger partial charge in [-0.2, -0.15) is 0 Å². The second kappa shape index (κ2) is 4.61. The molecule has 1 amide bonds. The van der Waals surface area contributed by atoms with E-state index in [1.54, 1.807) is 4.90 Å². The minimum atomic E-state index is 0.0489. The average molecular weight is 234 g/mol. The minimum Gasteiger partial charge on any atom is -0.322 e. The van der Waals surface area contributed by atoms with Crippen LogP contribution in [0.2, 0.25) is 0 Å². The van der Waals surface area contributed by atoms with Crippen molar-refractivity contribution in [2.75, 3.05) is 11.9 Å². The lowest BCUT2D eigenvalue weighted by Crippen LogP contribution is -2.41. The average Bonchev–Trinajstić information content (AvgIpc) is 3.13. The van der Waals surface area contributed by atoms with Crippen LogP contribution in [0.25, 0.3) is 0 Å². The standard InChI is InChI=1S/C12H14N2OS/c1-14(10-5-3-2-4-6-10)12(16)13-11(15)9-7-8-9/h2-6,9H,7-8H2,1H3,(H,13,15,16). The van der Waals surface area contributed by atoms with Crippen molar-refractivity contribution in [1.82, 2.24) is 5.32 Å². The molecule has 1 saturated carbocycles. The minimum absolute atomic E-state index is 0.0489. The van der Waals surface area contributed by atoms with Gasteiger partial charge in [0, 0.05) is 18.7 Å². The third kappa shape index (κ3) is 2.58. The maximum atomic E-state index is 11.5. The van der Waals surface area contributed by atoms with Crippen LogP contribution in [0.5, 0.6) is 0 Å². The number of thiocarbonyl (C=S) groups is 1. The molecule has 1 aromatic rings. The van der Waals surface area contributed by atoms with Crippen molar-refractivity contribution >= 4 is 28.9 Å². The molecule has 16 heavy (non-hydrogen) atoms. The van der Waals surface area contributed by atoms with Crippen LogP contribution >= 0.6 is 12.2 Å². The molecule has 0 atom stereocenters. The van der Waals surface area contributed by atoms with E-state index in [0.717, 1.165) is 18.5 Å². The monoisotopic (exact) mass is 234 g/mol. The number of para-hydroxylation sites is 1. The molecule has 0 saturated heterocycles. The summed E-state index contributed by atoms with van der Waals surface area (Å²) in [7, 11) is 1.85. The molecule has 0 spiro atoms. The summed E-state index contributed by atoms with van der Waals surface area (Å²) in [6.07, 6.45) is 1.98. The van der Waals surface area contributed by atoms with Crippen molar-refractivity contribution in [3.05, 3.63) is 30.3 Å². The van der Waals surface area contributed by atoms with Gasteiger partial charge in [0.05, 0.1) is 0 Å². The molecule has 84 valence electrons. The number of hydrogen-bond acceptors (Lipinski definition) is 2. The summed E-state index contributed by atoms with van der Waals surface area (Å²) in [5, 5.41) is 3.22. The van der Waals surface area contributed by atoms with Gasteiger partial charge in [-0.05, 0) is 37.2 Å². The van der Waals surface area contributed by atoms with Gasteiger partial charge in [-0.3, -0.25) is 4.79 Å². The number of nitrogens with zero attached hydrogens (tertiary/aromatic N) is 1. The fourth-order valence-corrected chi connectivity index (χ4v) is 1.61. The molecule has 1 aliphatic carbocycles. The fourth-order valence-electron chi connectivity index (χ4n) is 1.41. The van der Waals surface area contributed by atoms with Gasteiger partial charge < -0.3 is 10.2 Å². The summed E-state index contributed by atoms with van der Waals surface area (Å²) < 4.78 is 0. The summed E-state index contributed by atoms with van der Waals surface area (Å²) in [4.78, 5) is 13.3. The highest BCUT2D eigenvalue weighted by Crippen LogP contribution is 2.28. The molecule has 4 heteroatoms. The summed E-state index contributed by atoms with van der Waals surface area (Å²) in [6.45, 7) is 0. The van der Waals surface area contributed by atoms with Crippen molar-refractivity contribution in [3.8, 4) is 0 Å². The topological polar surface area (TPSA) is 32.3 Å².